The van der Waals surface area contributed by atoms with E-state index in [0.29, 0.717) is 0 Å². The van der Waals surface area contributed by atoms with Gasteiger partial charge in [0.25, 0.3) is 0 Å². The van der Waals surface area contributed by atoms with Crippen LogP contribution in [0.3, 0.4) is 0 Å². The SMILES string of the molecule is Cn1c(Cl)ccc1-c1ccc(Br)cc1. The van der Waals surface area contributed by atoms with Crippen LogP contribution < -0.4 is 0 Å². The second kappa shape index (κ2) is 3.79. The molecule has 1 aromatic heterocycles. The van der Waals surface area contributed by atoms with E-state index in [2.05, 4.69) is 28.1 Å². The van der Waals surface area contributed by atoms with E-state index in [1.54, 1.807) is 0 Å². The van der Waals surface area contributed by atoms with E-state index >= 15 is 0 Å². The molecule has 0 N–H and O–H groups in total. The monoisotopic (exact) mass is 269 g/mol. The van der Waals surface area contributed by atoms with Crippen molar-refractivity contribution in [3.63, 3.8) is 0 Å². The highest BCUT2D eigenvalue weighted by Gasteiger charge is 2.04. The molecule has 1 heterocycles. The average molecular weight is 271 g/mol. The Bertz CT molecular complexity index is 445. The van der Waals surface area contributed by atoms with Crippen molar-refractivity contribution in [1.29, 1.82) is 0 Å². The molecule has 0 fully saturated rings. The predicted octanol–water partition coefficient (Wildman–Crippen LogP) is 4.11. The molecule has 0 atom stereocenters. The minimum Gasteiger partial charge on any atom is -0.335 e. The van der Waals surface area contributed by atoms with Crippen molar-refractivity contribution in [3.05, 3.63) is 46.0 Å². The van der Waals surface area contributed by atoms with E-state index in [0.717, 1.165) is 15.3 Å². The molecular formula is C11H9BrClN. The van der Waals surface area contributed by atoms with Crippen molar-refractivity contribution in [2.75, 3.05) is 0 Å². The molecule has 0 bridgehead atoms. The topological polar surface area (TPSA) is 4.93 Å². The first-order valence-electron chi connectivity index (χ1n) is 4.25. The fourth-order valence-corrected chi connectivity index (χ4v) is 1.82. The standard InChI is InChI=1S/C11H9BrClN/c1-14-10(6-7-11(14)13)8-2-4-9(12)5-3-8/h2-7H,1H3. The lowest BCUT2D eigenvalue weighted by Crippen LogP contribution is -1.90. The van der Waals surface area contributed by atoms with E-state index in [1.807, 2.05) is 35.9 Å². The third kappa shape index (κ3) is 1.72. The summed E-state index contributed by atoms with van der Waals surface area (Å²) in [6.07, 6.45) is 0. The molecule has 1 aromatic carbocycles. The Morgan fingerprint density at radius 2 is 1.71 bits per heavy atom. The lowest BCUT2D eigenvalue weighted by Gasteiger charge is -2.04. The zero-order valence-corrected chi connectivity index (χ0v) is 10.0. The van der Waals surface area contributed by atoms with Crippen molar-refractivity contribution < 1.29 is 0 Å². The first-order valence-corrected chi connectivity index (χ1v) is 5.43. The Hall–Kier alpha value is -0.730. The molecule has 72 valence electrons. The van der Waals surface area contributed by atoms with E-state index in [-0.39, 0.29) is 0 Å². The molecule has 0 saturated heterocycles. The summed E-state index contributed by atoms with van der Waals surface area (Å²) in [5, 5.41) is 0.753. The van der Waals surface area contributed by atoms with E-state index in [4.69, 9.17) is 11.6 Å². The Balaban J connectivity index is 2.49. The first kappa shape index (κ1) is 9.81. The van der Waals surface area contributed by atoms with Crippen molar-refractivity contribution in [2.45, 2.75) is 0 Å². The third-order valence-corrected chi connectivity index (χ3v) is 3.11. The van der Waals surface area contributed by atoms with E-state index < -0.39 is 0 Å². The number of hydrogen-bond donors (Lipinski definition) is 0. The molecule has 0 aliphatic heterocycles. The number of halogens is 2. The Labute approximate surface area is 96.4 Å². The van der Waals surface area contributed by atoms with Crippen molar-refractivity contribution in [1.82, 2.24) is 4.57 Å². The number of nitrogens with zero attached hydrogens (tertiary/aromatic N) is 1. The summed E-state index contributed by atoms with van der Waals surface area (Å²) in [5.41, 5.74) is 2.30. The molecule has 0 spiro atoms. The normalized spacial score (nSPS) is 10.5. The van der Waals surface area contributed by atoms with Gasteiger partial charge in [-0.2, -0.15) is 0 Å². The fraction of sp³-hybridized carbons (Fsp3) is 0.0909. The second-order valence-electron chi connectivity index (χ2n) is 3.11. The van der Waals surface area contributed by atoms with Crippen molar-refractivity contribution >= 4 is 27.5 Å². The predicted molar refractivity (Wildman–Crippen MR) is 63.6 cm³/mol. The molecule has 3 heteroatoms. The molecule has 0 aliphatic rings. The van der Waals surface area contributed by atoms with Crippen LogP contribution >= 0.6 is 27.5 Å². The summed E-state index contributed by atoms with van der Waals surface area (Å²) in [6.45, 7) is 0. The maximum atomic E-state index is 5.96. The first-order chi connectivity index (χ1) is 6.68. The highest BCUT2D eigenvalue weighted by Crippen LogP contribution is 2.25. The maximum Gasteiger partial charge on any atom is 0.109 e. The van der Waals surface area contributed by atoms with Gasteiger partial charge in [0.1, 0.15) is 5.15 Å². The van der Waals surface area contributed by atoms with Crippen LogP contribution in [0.1, 0.15) is 0 Å². The smallest absolute Gasteiger partial charge is 0.109 e. The Kier molecular flexibility index (Phi) is 2.66. The maximum absolute atomic E-state index is 5.96. The summed E-state index contributed by atoms with van der Waals surface area (Å²) in [7, 11) is 1.96. The molecule has 14 heavy (non-hydrogen) atoms. The largest absolute Gasteiger partial charge is 0.335 e. The van der Waals surface area contributed by atoms with Crippen LogP contribution in [0.2, 0.25) is 5.15 Å². The van der Waals surface area contributed by atoms with E-state index in [1.165, 1.54) is 5.56 Å². The Morgan fingerprint density at radius 1 is 1.07 bits per heavy atom. The van der Waals surface area contributed by atoms with Gasteiger partial charge in [0.15, 0.2) is 0 Å². The zero-order valence-electron chi connectivity index (χ0n) is 7.67. The molecule has 0 amide bonds. The quantitative estimate of drug-likeness (QED) is 0.735. The van der Waals surface area contributed by atoms with Crippen LogP contribution in [0.4, 0.5) is 0 Å². The lowest BCUT2D eigenvalue weighted by atomic mass is 10.1. The molecule has 0 aliphatic carbocycles. The molecular weight excluding hydrogens is 261 g/mol. The summed E-state index contributed by atoms with van der Waals surface area (Å²) >= 11 is 9.37. The number of aromatic nitrogens is 1. The van der Waals surface area contributed by atoms with Crippen LogP contribution in [0, 0.1) is 0 Å². The van der Waals surface area contributed by atoms with E-state index in [9.17, 15) is 0 Å². The zero-order chi connectivity index (χ0) is 10.1. The number of rotatable bonds is 1. The van der Waals surface area contributed by atoms with Gasteiger partial charge in [-0.05, 0) is 29.8 Å². The molecule has 2 rings (SSSR count). The molecule has 0 saturated carbocycles. The molecule has 2 aromatic rings. The van der Waals surface area contributed by atoms with Gasteiger partial charge in [-0.1, -0.05) is 39.7 Å². The summed E-state index contributed by atoms with van der Waals surface area (Å²) in [5.74, 6) is 0. The Morgan fingerprint density at radius 3 is 2.21 bits per heavy atom. The lowest BCUT2D eigenvalue weighted by molar-refractivity contribution is 0.938. The van der Waals surface area contributed by atoms with Gasteiger partial charge in [-0.3, -0.25) is 0 Å². The van der Waals surface area contributed by atoms with Crippen LogP contribution in [0.25, 0.3) is 11.3 Å². The van der Waals surface area contributed by atoms with Crippen molar-refractivity contribution in [3.8, 4) is 11.3 Å². The summed E-state index contributed by atoms with van der Waals surface area (Å²) < 4.78 is 3.05. The summed E-state index contributed by atoms with van der Waals surface area (Å²) in [6, 6.07) is 12.1. The highest BCUT2D eigenvalue weighted by molar-refractivity contribution is 9.10. The van der Waals surface area contributed by atoms with Crippen LogP contribution in [0.15, 0.2) is 40.9 Å². The number of benzene rings is 1. The van der Waals surface area contributed by atoms with Gasteiger partial charge >= 0.3 is 0 Å². The van der Waals surface area contributed by atoms with Gasteiger partial charge in [0, 0.05) is 17.2 Å². The average Bonchev–Trinajstić information content (AvgIpc) is 2.50. The minimum atomic E-state index is 0.753. The second-order valence-corrected chi connectivity index (χ2v) is 4.41. The van der Waals surface area contributed by atoms with Gasteiger partial charge in [0.2, 0.25) is 0 Å². The van der Waals surface area contributed by atoms with Gasteiger partial charge < -0.3 is 4.57 Å². The van der Waals surface area contributed by atoms with Crippen molar-refractivity contribution in [2.24, 2.45) is 7.05 Å². The molecule has 1 nitrogen and oxygen atoms in total. The van der Waals surface area contributed by atoms with Gasteiger partial charge in [0.05, 0.1) is 0 Å². The summed E-state index contributed by atoms with van der Waals surface area (Å²) in [4.78, 5) is 0. The number of hydrogen-bond acceptors (Lipinski definition) is 0. The van der Waals surface area contributed by atoms with Crippen LogP contribution in [-0.2, 0) is 7.05 Å². The highest BCUT2D eigenvalue weighted by atomic mass is 79.9. The van der Waals surface area contributed by atoms with Gasteiger partial charge in [-0.15, -0.1) is 0 Å². The van der Waals surface area contributed by atoms with Gasteiger partial charge in [-0.25, -0.2) is 0 Å². The fourth-order valence-electron chi connectivity index (χ4n) is 1.40. The molecule has 0 unspecified atom stereocenters. The molecule has 0 radical (unpaired) electrons. The third-order valence-electron chi connectivity index (χ3n) is 2.20. The van der Waals surface area contributed by atoms with Crippen LogP contribution in [-0.4, -0.2) is 4.57 Å². The minimum absolute atomic E-state index is 0.753. The van der Waals surface area contributed by atoms with Crippen LogP contribution in [0.5, 0.6) is 0 Å².